The van der Waals surface area contributed by atoms with Crippen LogP contribution in [0.2, 0.25) is 0 Å². The summed E-state index contributed by atoms with van der Waals surface area (Å²) in [7, 11) is 0. The largest absolute Gasteiger partial charge is 0.358 e. The molecular weight excluding hydrogens is 240 g/mol. The molecular formula is C10H12N4O2S. The minimum atomic E-state index is -0.373. The minimum Gasteiger partial charge on any atom is -0.358 e. The van der Waals surface area contributed by atoms with Crippen molar-refractivity contribution in [1.29, 1.82) is 0 Å². The average molecular weight is 252 g/mol. The molecule has 2 aromatic rings. The van der Waals surface area contributed by atoms with Gasteiger partial charge in [-0.3, -0.25) is 0 Å². The molecule has 1 atom stereocenters. The molecule has 17 heavy (non-hydrogen) atoms. The van der Waals surface area contributed by atoms with Crippen molar-refractivity contribution in [2.75, 3.05) is 0 Å². The molecule has 1 unspecified atom stereocenters. The van der Waals surface area contributed by atoms with Gasteiger partial charge in [0.1, 0.15) is 11.9 Å². The maximum absolute atomic E-state index is 11.1. The Morgan fingerprint density at radius 3 is 3.12 bits per heavy atom. The first-order valence-electron chi connectivity index (χ1n) is 5.51. The molecule has 1 saturated carbocycles. The molecule has 0 saturated heterocycles. The van der Waals surface area contributed by atoms with Crippen LogP contribution in [0.5, 0.6) is 0 Å². The van der Waals surface area contributed by atoms with Crippen molar-refractivity contribution in [3.63, 3.8) is 0 Å². The van der Waals surface area contributed by atoms with Crippen molar-refractivity contribution in [3.05, 3.63) is 27.4 Å². The molecule has 1 aliphatic carbocycles. The number of aromatic nitrogens is 2. The third-order valence-electron chi connectivity index (χ3n) is 3.14. The maximum atomic E-state index is 11.1. The molecule has 0 radical (unpaired) electrons. The van der Waals surface area contributed by atoms with Gasteiger partial charge in [0.05, 0.1) is 0 Å². The highest BCUT2D eigenvalue weighted by Crippen LogP contribution is 2.34. The Hall–Kier alpha value is -1.47. The fourth-order valence-corrected chi connectivity index (χ4v) is 2.79. The summed E-state index contributed by atoms with van der Waals surface area (Å²) in [6.07, 6.45) is 4.45. The van der Waals surface area contributed by atoms with E-state index in [2.05, 4.69) is 4.98 Å². The molecule has 0 amide bonds. The lowest BCUT2D eigenvalue weighted by Gasteiger charge is -2.07. The Morgan fingerprint density at radius 2 is 2.47 bits per heavy atom. The minimum absolute atomic E-state index is 0.00157. The highest BCUT2D eigenvalue weighted by Gasteiger charge is 2.32. The molecule has 0 aromatic carbocycles. The zero-order valence-corrected chi connectivity index (χ0v) is 9.89. The highest BCUT2D eigenvalue weighted by molar-refractivity contribution is 7.15. The van der Waals surface area contributed by atoms with Gasteiger partial charge in [0.15, 0.2) is 0 Å². The molecule has 2 aromatic heterocycles. The van der Waals surface area contributed by atoms with Gasteiger partial charge in [-0.1, -0.05) is 11.3 Å². The van der Waals surface area contributed by atoms with Crippen LogP contribution in [0.3, 0.4) is 0 Å². The van der Waals surface area contributed by atoms with E-state index < -0.39 is 0 Å². The van der Waals surface area contributed by atoms with Gasteiger partial charge in [0, 0.05) is 17.8 Å². The smallest absolute Gasteiger partial charge is 0.351 e. The molecule has 90 valence electrons. The number of rotatable bonds is 4. The SMILES string of the molecule is NC(Cc1nc2sccn2c1[N+](=O)[O-])C1CC1. The standard InChI is InChI=1S/C10H12N4O2S/c11-7(6-1-2-6)5-8-9(14(15)16)13-3-4-17-10(13)12-8/h3-4,6-7H,1-2,5,11H2. The van der Waals surface area contributed by atoms with E-state index in [4.69, 9.17) is 5.73 Å². The molecule has 2 N–H and O–H groups in total. The van der Waals surface area contributed by atoms with Crippen LogP contribution in [0.15, 0.2) is 11.6 Å². The summed E-state index contributed by atoms with van der Waals surface area (Å²) < 4.78 is 1.53. The maximum Gasteiger partial charge on any atom is 0.351 e. The fraction of sp³-hybridized carbons (Fsp3) is 0.500. The topological polar surface area (TPSA) is 86.5 Å². The molecule has 3 rings (SSSR count). The first-order chi connectivity index (χ1) is 8.16. The summed E-state index contributed by atoms with van der Waals surface area (Å²) in [4.78, 5) is 15.7. The number of imidazole rings is 1. The first-order valence-corrected chi connectivity index (χ1v) is 6.39. The summed E-state index contributed by atoms with van der Waals surface area (Å²) in [6.45, 7) is 0. The van der Waals surface area contributed by atoms with Crippen molar-refractivity contribution in [2.24, 2.45) is 11.7 Å². The van der Waals surface area contributed by atoms with Crippen molar-refractivity contribution in [1.82, 2.24) is 9.38 Å². The van der Waals surface area contributed by atoms with Gasteiger partial charge < -0.3 is 15.8 Å². The lowest BCUT2D eigenvalue weighted by atomic mass is 10.1. The van der Waals surface area contributed by atoms with Crippen LogP contribution < -0.4 is 5.73 Å². The van der Waals surface area contributed by atoms with Gasteiger partial charge in [-0.15, -0.1) is 0 Å². The summed E-state index contributed by atoms with van der Waals surface area (Å²) in [5.41, 5.74) is 6.52. The summed E-state index contributed by atoms with van der Waals surface area (Å²) >= 11 is 1.40. The molecule has 0 bridgehead atoms. The Balaban J connectivity index is 1.98. The first kappa shape index (κ1) is 10.7. The van der Waals surface area contributed by atoms with E-state index in [1.165, 1.54) is 15.7 Å². The lowest BCUT2D eigenvalue weighted by molar-refractivity contribution is -0.391. The third kappa shape index (κ3) is 1.81. The number of nitrogens with two attached hydrogens (primary N) is 1. The number of nitrogens with zero attached hydrogens (tertiary/aromatic N) is 3. The van der Waals surface area contributed by atoms with Crippen LogP contribution in [-0.2, 0) is 6.42 Å². The lowest BCUT2D eigenvalue weighted by Crippen LogP contribution is -2.25. The molecule has 1 aliphatic rings. The monoisotopic (exact) mass is 252 g/mol. The zero-order valence-electron chi connectivity index (χ0n) is 9.07. The van der Waals surface area contributed by atoms with Gasteiger partial charge in [-0.05, 0) is 23.7 Å². The molecule has 0 spiro atoms. The third-order valence-corrected chi connectivity index (χ3v) is 3.89. The summed E-state index contributed by atoms with van der Waals surface area (Å²) in [5, 5.41) is 12.9. The van der Waals surface area contributed by atoms with Crippen molar-refractivity contribution in [2.45, 2.75) is 25.3 Å². The van der Waals surface area contributed by atoms with E-state index in [0.29, 0.717) is 23.0 Å². The van der Waals surface area contributed by atoms with Crippen LogP contribution in [0.1, 0.15) is 18.5 Å². The predicted octanol–water partition coefficient (Wildman–Crippen LogP) is 1.58. The number of hydrogen-bond acceptors (Lipinski definition) is 5. The summed E-state index contributed by atoms with van der Waals surface area (Å²) in [6, 6.07) is -0.00157. The quantitative estimate of drug-likeness (QED) is 0.661. The van der Waals surface area contributed by atoms with E-state index in [-0.39, 0.29) is 16.8 Å². The molecule has 0 aliphatic heterocycles. The number of thiazole rings is 1. The van der Waals surface area contributed by atoms with Crippen molar-refractivity contribution < 1.29 is 4.92 Å². The van der Waals surface area contributed by atoms with E-state index in [1.807, 2.05) is 0 Å². The Bertz CT molecular complexity index is 572. The number of fused-ring (bicyclic) bond motifs is 1. The van der Waals surface area contributed by atoms with E-state index >= 15 is 0 Å². The number of nitro groups is 1. The van der Waals surface area contributed by atoms with Crippen LogP contribution in [0.25, 0.3) is 4.96 Å². The van der Waals surface area contributed by atoms with E-state index in [1.54, 1.807) is 11.6 Å². The Morgan fingerprint density at radius 1 is 1.71 bits per heavy atom. The van der Waals surface area contributed by atoms with Gasteiger partial charge in [-0.25, -0.2) is 0 Å². The Kier molecular flexibility index (Phi) is 2.37. The van der Waals surface area contributed by atoms with Crippen LogP contribution in [-0.4, -0.2) is 20.3 Å². The van der Waals surface area contributed by atoms with E-state index in [0.717, 1.165) is 12.8 Å². The van der Waals surface area contributed by atoms with E-state index in [9.17, 15) is 10.1 Å². The second-order valence-electron chi connectivity index (χ2n) is 4.40. The van der Waals surface area contributed by atoms with Gasteiger partial charge in [-0.2, -0.15) is 9.38 Å². The van der Waals surface area contributed by atoms with Crippen molar-refractivity contribution in [3.8, 4) is 0 Å². The zero-order chi connectivity index (χ0) is 12.0. The highest BCUT2D eigenvalue weighted by atomic mass is 32.1. The Labute approximate surface area is 101 Å². The second-order valence-corrected chi connectivity index (χ2v) is 5.27. The normalized spacial score (nSPS) is 17.5. The van der Waals surface area contributed by atoms with Gasteiger partial charge in [0.25, 0.3) is 4.96 Å². The molecule has 1 fully saturated rings. The molecule has 7 heteroatoms. The summed E-state index contributed by atoms with van der Waals surface area (Å²) in [5.74, 6) is 0.590. The van der Waals surface area contributed by atoms with Crippen LogP contribution in [0, 0.1) is 16.0 Å². The fourth-order valence-electron chi connectivity index (χ4n) is 2.06. The predicted molar refractivity (Wildman–Crippen MR) is 64.1 cm³/mol. The molecule has 6 nitrogen and oxygen atoms in total. The van der Waals surface area contributed by atoms with Gasteiger partial charge >= 0.3 is 5.82 Å². The molecule has 2 heterocycles. The number of hydrogen-bond donors (Lipinski definition) is 1. The van der Waals surface area contributed by atoms with Gasteiger partial charge in [0.2, 0.25) is 0 Å². The second kappa shape index (κ2) is 3.78. The van der Waals surface area contributed by atoms with Crippen LogP contribution >= 0.6 is 11.3 Å². The van der Waals surface area contributed by atoms with Crippen molar-refractivity contribution >= 4 is 22.1 Å². The van der Waals surface area contributed by atoms with Crippen LogP contribution in [0.4, 0.5) is 5.82 Å². The average Bonchev–Trinajstić information content (AvgIpc) is 2.92.